The fourth-order valence-electron chi connectivity index (χ4n) is 3.14. The van der Waals surface area contributed by atoms with Crippen LogP contribution in [-0.2, 0) is 6.42 Å². The van der Waals surface area contributed by atoms with Crippen molar-refractivity contribution >= 4 is 11.4 Å². The number of fused-ring (bicyclic) bond motifs is 2. The summed E-state index contributed by atoms with van der Waals surface area (Å²) in [4.78, 5) is 16.6. The molecule has 116 valence electrons. The summed E-state index contributed by atoms with van der Waals surface area (Å²) >= 11 is 0. The predicted octanol–water partition coefficient (Wildman–Crippen LogP) is 3.03. The number of rotatable bonds is 2. The molecule has 1 N–H and O–H groups in total. The van der Waals surface area contributed by atoms with Gasteiger partial charge in [0.2, 0.25) is 0 Å². The van der Waals surface area contributed by atoms with Gasteiger partial charge in [0.25, 0.3) is 5.91 Å². The highest BCUT2D eigenvalue weighted by Crippen LogP contribution is 2.33. The van der Waals surface area contributed by atoms with Gasteiger partial charge in [-0.05, 0) is 42.2 Å². The summed E-state index contributed by atoms with van der Waals surface area (Å²) in [5, 5.41) is 2.84. The smallest absolute Gasteiger partial charge is 0.272 e. The number of hydrogen-bond donors (Lipinski definition) is 1. The van der Waals surface area contributed by atoms with Crippen LogP contribution in [0.4, 0.5) is 8.78 Å². The SMILES string of the molecule is O=C(NC1CCc2c(F)cc(F)cc21)c1ncn2ccccc12. The van der Waals surface area contributed by atoms with Gasteiger partial charge in [-0.1, -0.05) is 6.07 Å². The van der Waals surface area contributed by atoms with Crippen molar-refractivity contribution in [1.82, 2.24) is 14.7 Å². The second-order valence-corrected chi connectivity index (χ2v) is 5.61. The van der Waals surface area contributed by atoms with Gasteiger partial charge in [-0.3, -0.25) is 4.79 Å². The zero-order valence-electron chi connectivity index (χ0n) is 12.1. The van der Waals surface area contributed by atoms with Crippen LogP contribution in [0.3, 0.4) is 0 Å². The quantitative estimate of drug-likeness (QED) is 0.790. The Labute approximate surface area is 130 Å². The van der Waals surface area contributed by atoms with Crippen molar-refractivity contribution in [3.05, 3.63) is 71.3 Å². The van der Waals surface area contributed by atoms with Crippen LogP contribution >= 0.6 is 0 Å². The Morgan fingerprint density at radius 3 is 3.04 bits per heavy atom. The summed E-state index contributed by atoms with van der Waals surface area (Å²) in [7, 11) is 0. The molecule has 0 radical (unpaired) electrons. The monoisotopic (exact) mass is 313 g/mol. The zero-order chi connectivity index (χ0) is 16.0. The van der Waals surface area contributed by atoms with E-state index in [1.807, 2.05) is 12.1 Å². The highest BCUT2D eigenvalue weighted by molar-refractivity contribution is 5.99. The molecule has 3 aromatic rings. The number of amides is 1. The first kappa shape index (κ1) is 13.9. The van der Waals surface area contributed by atoms with Crippen LogP contribution < -0.4 is 5.32 Å². The normalized spacial score (nSPS) is 16.5. The molecule has 0 saturated heterocycles. The number of nitrogens with zero attached hydrogens (tertiary/aromatic N) is 2. The molecule has 1 aromatic carbocycles. The van der Waals surface area contributed by atoms with Gasteiger partial charge >= 0.3 is 0 Å². The van der Waals surface area contributed by atoms with Gasteiger partial charge in [0.05, 0.1) is 11.6 Å². The van der Waals surface area contributed by atoms with Gasteiger partial charge in [0.1, 0.15) is 18.0 Å². The summed E-state index contributed by atoms with van der Waals surface area (Å²) in [6.07, 6.45) is 4.39. The number of aromatic nitrogens is 2. The van der Waals surface area contributed by atoms with Gasteiger partial charge in [0.15, 0.2) is 5.69 Å². The molecule has 0 saturated carbocycles. The molecule has 0 aliphatic heterocycles. The Balaban J connectivity index is 1.64. The van der Waals surface area contributed by atoms with E-state index in [1.165, 1.54) is 6.07 Å². The maximum absolute atomic E-state index is 13.8. The van der Waals surface area contributed by atoms with Crippen molar-refractivity contribution in [2.75, 3.05) is 0 Å². The number of carbonyl (C=O) groups excluding carboxylic acids is 1. The maximum atomic E-state index is 13.8. The Morgan fingerprint density at radius 1 is 1.30 bits per heavy atom. The van der Waals surface area contributed by atoms with E-state index in [9.17, 15) is 13.6 Å². The first-order valence-electron chi connectivity index (χ1n) is 7.34. The van der Waals surface area contributed by atoms with Crippen molar-refractivity contribution in [3.63, 3.8) is 0 Å². The average molecular weight is 313 g/mol. The second kappa shape index (κ2) is 5.15. The number of carbonyl (C=O) groups is 1. The zero-order valence-corrected chi connectivity index (χ0v) is 12.1. The second-order valence-electron chi connectivity index (χ2n) is 5.61. The van der Waals surface area contributed by atoms with Crippen molar-refractivity contribution in [2.24, 2.45) is 0 Å². The third-order valence-corrected chi connectivity index (χ3v) is 4.22. The predicted molar refractivity (Wildman–Crippen MR) is 80.1 cm³/mol. The van der Waals surface area contributed by atoms with Gasteiger partial charge in [-0.25, -0.2) is 13.8 Å². The number of halogens is 2. The molecule has 1 atom stereocenters. The van der Waals surface area contributed by atoms with Crippen LogP contribution in [0.15, 0.2) is 42.9 Å². The lowest BCUT2D eigenvalue weighted by Crippen LogP contribution is -2.27. The number of hydrogen-bond acceptors (Lipinski definition) is 2. The molecule has 4 rings (SSSR count). The minimum atomic E-state index is -0.630. The molecular weight excluding hydrogens is 300 g/mol. The lowest BCUT2D eigenvalue weighted by atomic mass is 10.1. The molecule has 0 spiro atoms. The third-order valence-electron chi connectivity index (χ3n) is 4.22. The van der Waals surface area contributed by atoms with E-state index in [2.05, 4.69) is 10.3 Å². The number of benzene rings is 1. The fourth-order valence-corrected chi connectivity index (χ4v) is 3.14. The molecule has 1 aliphatic rings. The summed E-state index contributed by atoms with van der Waals surface area (Å²) in [5.41, 5.74) is 1.98. The maximum Gasteiger partial charge on any atom is 0.272 e. The van der Waals surface area contributed by atoms with E-state index >= 15 is 0 Å². The molecule has 0 bridgehead atoms. The minimum absolute atomic E-state index is 0.302. The van der Waals surface area contributed by atoms with Gasteiger partial charge < -0.3 is 9.72 Å². The standard InChI is InChI=1S/C17H13F2N3O/c18-10-7-12-11(13(19)8-10)4-5-14(12)21-17(23)16-15-3-1-2-6-22(15)9-20-16/h1-3,6-9,14H,4-5H2,(H,21,23). The van der Waals surface area contributed by atoms with Crippen molar-refractivity contribution in [3.8, 4) is 0 Å². The molecule has 1 unspecified atom stereocenters. The molecule has 0 fully saturated rings. The van der Waals surface area contributed by atoms with Crippen LogP contribution in [0.2, 0.25) is 0 Å². The van der Waals surface area contributed by atoms with Crippen molar-refractivity contribution in [2.45, 2.75) is 18.9 Å². The van der Waals surface area contributed by atoms with E-state index in [-0.39, 0.29) is 5.91 Å². The van der Waals surface area contributed by atoms with E-state index < -0.39 is 17.7 Å². The van der Waals surface area contributed by atoms with E-state index in [4.69, 9.17) is 0 Å². The third kappa shape index (κ3) is 2.27. The Kier molecular flexibility index (Phi) is 3.11. The lowest BCUT2D eigenvalue weighted by molar-refractivity contribution is 0.0934. The van der Waals surface area contributed by atoms with Gasteiger partial charge in [0, 0.05) is 12.3 Å². The van der Waals surface area contributed by atoms with Gasteiger partial charge in [-0.15, -0.1) is 0 Å². The highest BCUT2D eigenvalue weighted by atomic mass is 19.1. The Hall–Kier alpha value is -2.76. The first-order chi connectivity index (χ1) is 11.1. The molecule has 6 heteroatoms. The van der Waals surface area contributed by atoms with Crippen LogP contribution in [0.25, 0.3) is 5.52 Å². The van der Waals surface area contributed by atoms with E-state index in [0.29, 0.717) is 35.2 Å². The van der Waals surface area contributed by atoms with Crippen molar-refractivity contribution < 1.29 is 13.6 Å². The fraction of sp³-hybridized carbons (Fsp3) is 0.176. The Bertz CT molecular complexity index is 919. The minimum Gasteiger partial charge on any atom is -0.344 e. The number of nitrogens with one attached hydrogen (secondary N) is 1. The largest absolute Gasteiger partial charge is 0.344 e. The molecule has 23 heavy (non-hydrogen) atoms. The number of imidazole rings is 1. The summed E-state index contributed by atoms with van der Waals surface area (Å²) in [6, 6.07) is 7.24. The van der Waals surface area contributed by atoms with E-state index in [0.717, 1.165) is 6.07 Å². The lowest BCUT2D eigenvalue weighted by Gasteiger charge is -2.13. The Morgan fingerprint density at radius 2 is 2.17 bits per heavy atom. The molecule has 1 aliphatic carbocycles. The average Bonchev–Trinajstić information content (AvgIpc) is 3.12. The van der Waals surface area contributed by atoms with Crippen LogP contribution in [0.1, 0.15) is 34.1 Å². The molecule has 2 heterocycles. The number of pyridine rings is 1. The van der Waals surface area contributed by atoms with E-state index in [1.54, 1.807) is 23.0 Å². The molecular formula is C17H13F2N3O. The summed E-state index contributed by atoms with van der Waals surface area (Å²) < 4.78 is 29.0. The summed E-state index contributed by atoms with van der Waals surface area (Å²) in [6.45, 7) is 0. The van der Waals surface area contributed by atoms with Crippen molar-refractivity contribution in [1.29, 1.82) is 0 Å². The van der Waals surface area contributed by atoms with Crippen LogP contribution in [0.5, 0.6) is 0 Å². The van der Waals surface area contributed by atoms with Crippen LogP contribution in [0, 0.1) is 11.6 Å². The molecule has 1 amide bonds. The van der Waals surface area contributed by atoms with Crippen LogP contribution in [-0.4, -0.2) is 15.3 Å². The molecule has 4 nitrogen and oxygen atoms in total. The van der Waals surface area contributed by atoms with Gasteiger partial charge in [-0.2, -0.15) is 0 Å². The topological polar surface area (TPSA) is 46.4 Å². The highest BCUT2D eigenvalue weighted by Gasteiger charge is 2.28. The first-order valence-corrected chi connectivity index (χ1v) is 7.34. The molecule has 2 aromatic heterocycles. The summed E-state index contributed by atoms with van der Waals surface area (Å²) in [5.74, 6) is -1.53.